The van der Waals surface area contributed by atoms with E-state index in [0.717, 1.165) is 35.6 Å². The van der Waals surface area contributed by atoms with Gasteiger partial charge in [0.1, 0.15) is 0 Å². The maximum absolute atomic E-state index is 2.51. The fourth-order valence-electron chi connectivity index (χ4n) is 9.69. The molecule has 316 valence electrons. The largest absolute Gasteiger partial charge is 0.310 e. The average molecular weight is 831 g/mol. The van der Waals surface area contributed by atoms with Crippen LogP contribution in [0.25, 0.3) is 54.6 Å². The van der Waals surface area contributed by atoms with Gasteiger partial charge in [-0.25, -0.2) is 0 Å². The zero-order chi connectivity index (χ0) is 44.3. The monoisotopic (exact) mass is 830 g/mol. The first-order valence-electron chi connectivity index (χ1n) is 23.0. The Morgan fingerprint density at radius 3 is 1.27 bits per heavy atom. The third-order valence-corrected chi connectivity index (χ3v) is 13.3. The van der Waals surface area contributed by atoms with Crippen molar-refractivity contribution in [2.24, 2.45) is 0 Å². The van der Waals surface area contributed by atoms with Crippen molar-refractivity contribution in [2.75, 3.05) is 9.80 Å². The van der Waals surface area contributed by atoms with Crippen LogP contribution in [0.5, 0.6) is 0 Å². The first kappa shape index (κ1) is 41.1. The second-order valence-electron chi connectivity index (χ2n) is 19.9. The minimum atomic E-state index is 0.0422. The van der Waals surface area contributed by atoms with Crippen LogP contribution < -0.4 is 9.80 Å². The zero-order valence-electron chi connectivity index (χ0n) is 38.6. The minimum Gasteiger partial charge on any atom is -0.310 e. The molecule has 0 saturated heterocycles. The molecule has 0 bridgehead atoms. The topological polar surface area (TPSA) is 6.48 Å². The van der Waals surface area contributed by atoms with Crippen LogP contribution in [0, 0.1) is 13.8 Å². The highest BCUT2D eigenvalue weighted by molar-refractivity contribution is 6.32. The van der Waals surface area contributed by atoms with E-state index in [1.807, 2.05) is 0 Å². The molecule has 1 aliphatic carbocycles. The maximum atomic E-state index is 2.51. The van der Waals surface area contributed by atoms with Gasteiger partial charge in [0, 0.05) is 44.3 Å². The first-order valence-corrected chi connectivity index (χ1v) is 23.0. The molecule has 0 aliphatic heterocycles. The number of benzene rings is 9. The van der Waals surface area contributed by atoms with E-state index in [9.17, 15) is 0 Å². The van der Waals surface area contributed by atoms with Crippen molar-refractivity contribution < 1.29 is 0 Å². The Kier molecular flexibility index (Phi) is 10.3. The summed E-state index contributed by atoms with van der Waals surface area (Å²) in [5.74, 6) is 0. The second-order valence-corrected chi connectivity index (χ2v) is 19.9. The number of hydrogen-bond acceptors (Lipinski definition) is 2. The first-order chi connectivity index (χ1) is 30.8. The Balaban J connectivity index is 1.34. The van der Waals surface area contributed by atoms with E-state index >= 15 is 0 Å². The van der Waals surface area contributed by atoms with Crippen LogP contribution in [0.3, 0.4) is 0 Å². The summed E-state index contributed by atoms with van der Waals surface area (Å²) in [4.78, 5) is 4.99. The molecular weight excluding hydrogens is 773 g/mol. The lowest BCUT2D eigenvalue weighted by atomic mass is 9.84. The van der Waals surface area contributed by atoms with Gasteiger partial charge in [0.2, 0.25) is 0 Å². The molecule has 0 amide bonds. The molecule has 10 rings (SSSR count). The van der Waals surface area contributed by atoms with Crippen LogP contribution in [-0.4, -0.2) is 0 Å². The van der Waals surface area contributed by atoms with Crippen molar-refractivity contribution in [2.45, 2.75) is 79.1 Å². The molecule has 2 nitrogen and oxygen atoms in total. The average Bonchev–Trinajstić information content (AvgIpc) is 3.30. The predicted octanol–water partition coefficient (Wildman–Crippen LogP) is 18.0. The van der Waals surface area contributed by atoms with Crippen LogP contribution >= 0.6 is 0 Å². The van der Waals surface area contributed by atoms with Crippen molar-refractivity contribution >= 4 is 60.8 Å². The fraction of sp³-hybridized carbons (Fsp3) is 0.194. The molecule has 2 heteroatoms. The lowest BCUT2D eigenvalue weighted by molar-refractivity contribution is 0.590. The summed E-state index contributed by atoms with van der Waals surface area (Å²) < 4.78 is 0. The smallest absolute Gasteiger partial charge is 0.0546 e. The zero-order valence-corrected chi connectivity index (χ0v) is 38.6. The number of hydrogen-bond donors (Lipinski definition) is 0. The molecule has 9 aromatic carbocycles. The normalized spacial score (nSPS) is 13.2. The van der Waals surface area contributed by atoms with Gasteiger partial charge in [-0.1, -0.05) is 180 Å². The Hall–Kier alpha value is -6.90. The molecule has 0 aromatic heterocycles. The molecule has 1 aliphatic rings. The molecule has 0 unspecified atom stereocenters. The predicted molar refractivity (Wildman–Crippen MR) is 278 cm³/mol. The van der Waals surface area contributed by atoms with Gasteiger partial charge < -0.3 is 9.80 Å². The third kappa shape index (κ3) is 7.45. The highest BCUT2D eigenvalue weighted by Gasteiger charge is 2.27. The van der Waals surface area contributed by atoms with Gasteiger partial charge in [-0.2, -0.15) is 0 Å². The van der Waals surface area contributed by atoms with Gasteiger partial charge in [-0.05, 0) is 136 Å². The van der Waals surface area contributed by atoms with Crippen LogP contribution in [0.4, 0.5) is 28.4 Å². The number of allylic oxidation sites excluding steroid dienone is 3. The van der Waals surface area contributed by atoms with Gasteiger partial charge in [0.25, 0.3) is 0 Å². The Labute approximate surface area is 380 Å². The van der Waals surface area contributed by atoms with Crippen LogP contribution in [-0.2, 0) is 10.8 Å². The van der Waals surface area contributed by atoms with E-state index in [4.69, 9.17) is 0 Å². The number of para-hydroxylation sites is 1. The van der Waals surface area contributed by atoms with E-state index in [0.29, 0.717) is 0 Å². The standard InChI is InChI=1S/C62H58N2/c1-41-19-23-43(24-20-41)55-39-57(63(47-15-11-9-12-16-47)49-31-27-45(28-32-49)61(3,4)5)53-38-36-52-56(44-25-21-42(2)22-26-44)40-58(54-37-35-51(55)59(53)60(52)54)64(48-17-13-10-14-18-48)50-33-29-46(30-34-50)62(6,7)8/h9,11-13,15-40H,10,14H2,1-8H3. The van der Waals surface area contributed by atoms with Crippen LogP contribution in [0.15, 0.2) is 188 Å². The summed E-state index contributed by atoms with van der Waals surface area (Å²) in [6, 6.07) is 62.1. The van der Waals surface area contributed by atoms with Crippen LogP contribution in [0.2, 0.25) is 0 Å². The number of anilines is 5. The summed E-state index contributed by atoms with van der Waals surface area (Å²) >= 11 is 0. The lowest BCUT2D eigenvalue weighted by Gasteiger charge is -2.32. The second kappa shape index (κ2) is 16.0. The SMILES string of the molecule is Cc1ccc(-c2cc(N(C3=CCCC=C3)c3ccc(C(C)(C)C)cc3)c3ccc4c(-c5ccc(C)cc5)cc(N(c5ccccc5)c5ccc(C(C)(C)C)cc5)c5ccc2c3c45)cc1. The fourth-order valence-corrected chi connectivity index (χ4v) is 9.69. The number of rotatable bonds is 8. The van der Waals surface area contributed by atoms with Crippen molar-refractivity contribution in [3.8, 4) is 22.3 Å². The van der Waals surface area contributed by atoms with E-state index in [1.54, 1.807) is 0 Å². The molecular formula is C62H58N2. The number of nitrogens with zero attached hydrogens (tertiary/aromatic N) is 2. The summed E-state index contributed by atoms with van der Waals surface area (Å²) in [5.41, 5.74) is 17.1. The van der Waals surface area contributed by atoms with Crippen LogP contribution in [0.1, 0.15) is 76.6 Å². The third-order valence-electron chi connectivity index (χ3n) is 13.3. The highest BCUT2D eigenvalue weighted by Crippen LogP contribution is 2.52. The summed E-state index contributed by atoms with van der Waals surface area (Å²) in [6.07, 6.45) is 9.12. The Morgan fingerprint density at radius 1 is 0.406 bits per heavy atom. The molecule has 0 fully saturated rings. The van der Waals surface area contributed by atoms with E-state index in [-0.39, 0.29) is 10.8 Å². The molecule has 0 spiro atoms. The highest BCUT2D eigenvalue weighted by atomic mass is 15.2. The molecule has 0 heterocycles. The Bertz CT molecular complexity index is 3190. The molecule has 0 atom stereocenters. The van der Waals surface area contributed by atoms with Gasteiger partial charge in [0.05, 0.1) is 11.4 Å². The minimum absolute atomic E-state index is 0.0422. The molecule has 9 aromatic rings. The maximum Gasteiger partial charge on any atom is 0.0546 e. The molecule has 0 saturated carbocycles. The van der Waals surface area contributed by atoms with E-state index < -0.39 is 0 Å². The quantitative estimate of drug-likeness (QED) is 0.141. The van der Waals surface area contributed by atoms with Gasteiger partial charge >= 0.3 is 0 Å². The van der Waals surface area contributed by atoms with Crippen molar-refractivity contribution in [1.82, 2.24) is 0 Å². The van der Waals surface area contributed by atoms with E-state index in [2.05, 4.69) is 247 Å². The summed E-state index contributed by atoms with van der Waals surface area (Å²) in [7, 11) is 0. The molecule has 64 heavy (non-hydrogen) atoms. The van der Waals surface area contributed by atoms with Crippen molar-refractivity contribution in [1.29, 1.82) is 0 Å². The molecule has 0 N–H and O–H groups in total. The Morgan fingerprint density at radius 2 is 0.828 bits per heavy atom. The van der Waals surface area contributed by atoms with Crippen molar-refractivity contribution in [3.63, 3.8) is 0 Å². The van der Waals surface area contributed by atoms with E-state index in [1.165, 1.54) is 88.2 Å². The van der Waals surface area contributed by atoms with Gasteiger partial charge in [-0.3, -0.25) is 0 Å². The molecule has 0 radical (unpaired) electrons. The lowest BCUT2D eigenvalue weighted by Crippen LogP contribution is -2.18. The van der Waals surface area contributed by atoms with Gasteiger partial charge in [0.15, 0.2) is 0 Å². The van der Waals surface area contributed by atoms with Gasteiger partial charge in [-0.15, -0.1) is 0 Å². The summed E-state index contributed by atoms with van der Waals surface area (Å²) in [6.45, 7) is 18.1. The van der Waals surface area contributed by atoms with Crippen molar-refractivity contribution in [3.05, 3.63) is 210 Å². The summed E-state index contributed by atoms with van der Waals surface area (Å²) in [5, 5.41) is 7.52. The number of aryl methyl sites for hydroxylation is 2.